The lowest BCUT2D eigenvalue weighted by molar-refractivity contribution is 0.177. The molecular weight excluding hydrogens is 320 g/mol. The Bertz CT molecular complexity index is 710. The van der Waals surface area contributed by atoms with E-state index in [-0.39, 0.29) is 6.04 Å². The van der Waals surface area contributed by atoms with Gasteiger partial charge in [-0.2, -0.15) is 9.97 Å². The molecule has 0 bridgehead atoms. The van der Waals surface area contributed by atoms with E-state index in [1.165, 1.54) is 12.8 Å². The second-order valence-corrected chi connectivity index (χ2v) is 7.25. The smallest absolute Gasteiger partial charge is 0.243 e. The van der Waals surface area contributed by atoms with Crippen LogP contribution in [-0.2, 0) is 13.0 Å². The summed E-state index contributed by atoms with van der Waals surface area (Å²) in [7, 11) is 2.12. The third kappa shape index (κ3) is 3.59. The van der Waals surface area contributed by atoms with Crippen molar-refractivity contribution in [2.75, 3.05) is 20.1 Å². The first-order valence-electron chi connectivity index (χ1n) is 9.23. The Kier molecular flexibility index (Phi) is 4.56. The summed E-state index contributed by atoms with van der Waals surface area (Å²) in [5, 5.41) is 8.19. The van der Waals surface area contributed by atoms with Gasteiger partial charge in [0.05, 0.1) is 12.6 Å². The van der Waals surface area contributed by atoms with Gasteiger partial charge in [0.2, 0.25) is 11.8 Å². The number of hydrogen-bond donors (Lipinski definition) is 0. The minimum Gasteiger partial charge on any atom is -0.339 e. The number of likely N-dealkylation sites (tertiary alicyclic amines) is 1. The first kappa shape index (κ1) is 16.7. The first-order chi connectivity index (χ1) is 12.1. The molecule has 2 atom stereocenters. The monoisotopic (exact) mass is 346 g/mol. The summed E-state index contributed by atoms with van der Waals surface area (Å²) in [6.07, 6.45) is 4.28. The predicted molar refractivity (Wildman–Crippen MR) is 89.8 cm³/mol. The molecule has 1 aliphatic heterocycles. The number of aromatic nitrogens is 4. The molecular formula is C17H26N6O2. The topological polar surface area (TPSA) is 84.3 Å². The van der Waals surface area contributed by atoms with Crippen molar-refractivity contribution in [3.63, 3.8) is 0 Å². The molecule has 3 heterocycles. The molecule has 1 saturated carbocycles. The summed E-state index contributed by atoms with van der Waals surface area (Å²) < 4.78 is 10.7. The SMILES string of the molecule is CCc1nc(CN(C)[C@@H]2CCN([C@@H](C)c3nc(C4CC4)no3)C2)no1. The van der Waals surface area contributed by atoms with Crippen LogP contribution in [0.1, 0.15) is 68.5 Å². The van der Waals surface area contributed by atoms with Crippen molar-refractivity contribution in [3.05, 3.63) is 23.4 Å². The molecule has 2 aromatic heterocycles. The Morgan fingerprint density at radius 1 is 1.20 bits per heavy atom. The first-order valence-corrected chi connectivity index (χ1v) is 9.23. The molecule has 0 amide bonds. The maximum Gasteiger partial charge on any atom is 0.243 e. The second kappa shape index (κ2) is 6.84. The van der Waals surface area contributed by atoms with Gasteiger partial charge in [-0.3, -0.25) is 9.80 Å². The van der Waals surface area contributed by atoms with Crippen molar-refractivity contribution in [1.82, 2.24) is 30.1 Å². The molecule has 1 aliphatic carbocycles. The van der Waals surface area contributed by atoms with Gasteiger partial charge >= 0.3 is 0 Å². The normalized spacial score (nSPS) is 22.8. The lowest BCUT2D eigenvalue weighted by atomic mass is 10.2. The molecule has 8 heteroatoms. The minimum absolute atomic E-state index is 0.162. The van der Waals surface area contributed by atoms with E-state index >= 15 is 0 Å². The van der Waals surface area contributed by atoms with E-state index < -0.39 is 0 Å². The lowest BCUT2D eigenvalue weighted by Crippen LogP contribution is -2.35. The van der Waals surface area contributed by atoms with E-state index in [0.29, 0.717) is 24.4 Å². The van der Waals surface area contributed by atoms with Crippen LogP contribution >= 0.6 is 0 Å². The summed E-state index contributed by atoms with van der Waals surface area (Å²) in [6.45, 7) is 6.90. The van der Waals surface area contributed by atoms with E-state index in [0.717, 1.165) is 43.5 Å². The van der Waals surface area contributed by atoms with Gasteiger partial charge in [-0.1, -0.05) is 17.2 Å². The summed E-state index contributed by atoms with van der Waals surface area (Å²) in [5.74, 6) is 3.63. The molecule has 8 nitrogen and oxygen atoms in total. The molecule has 0 radical (unpaired) electrons. The van der Waals surface area contributed by atoms with Crippen molar-refractivity contribution in [1.29, 1.82) is 0 Å². The zero-order chi connectivity index (χ0) is 17.4. The minimum atomic E-state index is 0.162. The van der Waals surface area contributed by atoms with Gasteiger partial charge in [0.1, 0.15) is 0 Å². The zero-order valence-corrected chi connectivity index (χ0v) is 15.2. The van der Waals surface area contributed by atoms with Gasteiger partial charge in [0.25, 0.3) is 0 Å². The number of rotatable bonds is 7. The van der Waals surface area contributed by atoms with E-state index in [1.54, 1.807) is 0 Å². The van der Waals surface area contributed by atoms with E-state index in [2.05, 4.69) is 44.1 Å². The summed E-state index contributed by atoms with van der Waals surface area (Å²) in [5.41, 5.74) is 0. The molecule has 25 heavy (non-hydrogen) atoms. The van der Waals surface area contributed by atoms with Crippen LogP contribution in [0.15, 0.2) is 9.05 Å². The third-order valence-corrected chi connectivity index (χ3v) is 5.33. The van der Waals surface area contributed by atoms with Crippen LogP contribution in [-0.4, -0.2) is 56.3 Å². The molecule has 0 spiro atoms. The quantitative estimate of drug-likeness (QED) is 0.754. The summed E-state index contributed by atoms with van der Waals surface area (Å²) in [4.78, 5) is 13.7. The van der Waals surface area contributed by atoms with Gasteiger partial charge in [0, 0.05) is 31.5 Å². The van der Waals surface area contributed by atoms with Gasteiger partial charge in [-0.25, -0.2) is 0 Å². The highest BCUT2D eigenvalue weighted by Gasteiger charge is 2.34. The number of likely N-dealkylation sites (N-methyl/N-ethyl adjacent to an activating group) is 1. The Hall–Kier alpha value is -1.80. The van der Waals surface area contributed by atoms with Crippen LogP contribution in [0.3, 0.4) is 0 Å². The highest BCUT2D eigenvalue weighted by molar-refractivity contribution is 5.05. The average Bonchev–Trinajstić information content (AvgIpc) is 3.07. The van der Waals surface area contributed by atoms with Crippen molar-refractivity contribution in [3.8, 4) is 0 Å². The summed E-state index contributed by atoms with van der Waals surface area (Å²) >= 11 is 0. The van der Waals surface area contributed by atoms with Crippen LogP contribution in [0.2, 0.25) is 0 Å². The molecule has 2 aromatic rings. The molecule has 1 saturated heterocycles. The Morgan fingerprint density at radius 3 is 2.76 bits per heavy atom. The largest absolute Gasteiger partial charge is 0.339 e. The van der Waals surface area contributed by atoms with Crippen LogP contribution < -0.4 is 0 Å². The van der Waals surface area contributed by atoms with Gasteiger partial charge < -0.3 is 9.05 Å². The van der Waals surface area contributed by atoms with E-state index in [1.807, 2.05) is 6.92 Å². The maximum absolute atomic E-state index is 5.50. The van der Waals surface area contributed by atoms with E-state index in [4.69, 9.17) is 9.05 Å². The highest BCUT2D eigenvalue weighted by atomic mass is 16.5. The molecule has 0 N–H and O–H groups in total. The fourth-order valence-corrected chi connectivity index (χ4v) is 3.41. The lowest BCUT2D eigenvalue weighted by Gasteiger charge is -2.25. The van der Waals surface area contributed by atoms with Crippen molar-refractivity contribution >= 4 is 0 Å². The van der Waals surface area contributed by atoms with Crippen LogP contribution in [0, 0.1) is 0 Å². The Labute approximate surface area is 147 Å². The standard InChI is InChI=1S/C17H26N6O2/c1-4-15-18-14(20-24-15)10-22(3)13-7-8-23(9-13)11(2)17-19-16(21-25-17)12-5-6-12/h11-13H,4-10H2,1-3H3/t11-,13+/m0/s1. The Balaban J connectivity index is 1.33. The van der Waals surface area contributed by atoms with Gasteiger partial charge in [-0.15, -0.1) is 0 Å². The van der Waals surface area contributed by atoms with Gasteiger partial charge in [0.15, 0.2) is 11.6 Å². The molecule has 2 aliphatic rings. The fourth-order valence-electron chi connectivity index (χ4n) is 3.41. The molecule has 2 fully saturated rings. The maximum atomic E-state index is 5.50. The number of aryl methyl sites for hydroxylation is 1. The Morgan fingerprint density at radius 2 is 2.04 bits per heavy atom. The second-order valence-electron chi connectivity index (χ2n) is 7.25. The average molecular weight is 346 g/mol. The van der Waals surface area contributed by atoms with Crippen LogP contribution in [0.4, 0.5) is 0 Å². The summed E-state index contributed by atoms with van der Waals surface area (Å²) in [6, 6.07) is 0.632. The molecule has 0 unspecified atom stereocenters. The number of hydrogen-bond acceptors (Lipinski definition) is 8. The molecule has 136 valence electrons. The van der Waals surface area contributed by atoms with Crippen LogP contribution in [0.25, 0.3) is 0 Å². The predicted octanol–water partition coefficient (Wildman–Crippen LogP) is 2.16. The van der Waals surface area contributed by atoms with Crippen LogP contribution in [0.5, 0.6) is 0 Å². The molecule has 4 rings (SSSR count). The van der Waals surface area contributed by atoms with Crippen molar-refractivity contribution in [2.24, 2.45) is 0 Å². The van der Waals surface area contributed by atoms with E-state index in [9.17, 15) is 0 Å². The number of nitrogens with zero attached hydrogens (tertiary/aromatic N) is 6. The van der Waals surface area contributed by atoms with Crippen molar-refractivity contribution < 1.29 is 9.05 Å². The third-order valence-electron chi connectivity index (χ3n) is 5.33. The van der Waals surface area contributed by atoms with Crippen molar-refractivity contribution in [2.45, 2.75) is 64.1 Å². The fraction of sp³-hybridized carbons (Fsp3) is 0.765. The molecule has 0 aromatic carbocycles. The highest BCUT2D eigenvalue weighted by Crippen LogP contribution is 2.38. The zero-order valence-electron chi connectivity index (χ0n) is 15.2. The van der Waals surface area contributed by atoms with Gasteiger partial charge in [-0.05, 0) is 33.2 Å².